The third-order valence-corrected chi connectivity index (χ3v) is 4.53. The van der Waals surface area contributed by atoms with Crippen LogP contribution in [0.4, 0.5) is 0 Å². The predicted molar refractivity (Wildman–Crippen MR) is 112 cm³/mol. The van der Waals surface area contributed by atoms with E-state index in [0.29, 0.717) is 13.1 Å². The number of carbonyl (C=O) groups is 1. The summed E-state index contributed by atoms with van der Waals surface area (Å²) in [5.74, 6) is 0.783. The van der Waals surface area contributed by atoms with Crippen LogP contribution in [0.5, 0.6) is 5.75 Å². The molecular formula is C24H26N2O2. The van der Waals surface area contributed by atoms with Crippen LogP contribution >= 0.6 is 0 Å². The minimum absolute atomic E-state index is 0.00207. The highest BCUT2D eigenvalue weighted by Gasteiger charge is 2.13. The predicted octanol–water partition coefficient (Wildman–Crippen LogP) is 4.01. The maximum Gasteiger partial charge on any atom is 0.234 e. The maximum absolute atomic E-state index is 12.6. The Hall–Kier alpha value is -3.11. The zero-order valence-corrected chi connectivity index (χ0v) is 16.2. The van der Waals surface area contributed by atoms with Crippen molar-refractivity contribution in [2.45, 2.75) is 19.6 Å². The molecule has 0 aromatic heterocycles. The lowest BCUT2D eigenvalue weighted by Crippen LogP contribution is -2.36. The smallest absolute Gasteiger partial charge is 0.234 e. The largest absolute Gasteiger partial charge is 0.496 e. The van der Waals surface area contributed by atoms with E-state index < -0.39 is 0 Å². The molecule has 4 heteroatoms. The molecule has 144 valence electrons. The van der Waals surface area contributed by atoms with Gasteiger partial charge in [0.05, 0.1) is 13.7 Å². The molecule has 0 heterocycles. The fourth-order valence-corrected chi connectivity index (χ4v) is 3.15. The lowest BCUT2D eigenvalue weighted by Gasteiger charge is -2.22. The van der Waals surface area contributed by atoms with Crippen LogP contribution in [-0.4, -0.2) is 24.5 Å². The Balaban J connectivity index is 1.63. The number of nitrogens with zero attached hydrogens (tertiary/aromatic N) is 1. The number of para-hydroxylation sites is 1. The van der Waals surface area contributed by atoms with E-state index in [4.69, 9.17) is 4.74 Å². The number of nitrogens with one attached hydrogen (secondary N) is 1. The first-order valence-corrected chi connectivity index (χ1v) is 9.43. The second-order valence-corrected chi connectivity index (χ2v) is 6.70. The average Bonchev–Trinajstić information content (AvgIpc) is 2.74. The summed E-state index contributed by atoms with van der Waals surface area (Å²) in [6.07, 6.45) is 0. The molecule has 0 aliphatic rings. The molecule has 4 nitrogen and oxygen atoms in total. The molecule has 0 atom stereocenters. The first-order valence-electron chi connectivity index (χ1n) is 9.43. The molecule has 0 unspecified atom stereocenters. The van der Waals surface area contributed by atoms with Gasteiger partial charge in [-0.25, -0.2) is 0 Å². The summed E-state index contributed by atoms with van der Waals surface area (Å²) in [5.41, 5.74) is 3.35. The second-order valence-electron chi connectivity index (χ2n) is 6.70. The first kappa shape index (κ1) is 19.6. The van der Waals surface area contributed by atoms with Crippen LogP contribution in [0.1, 0.15) is 16.7 Å². The van der Waals surface area contributed by atoms with Crippen LogP contribution in [0.25, 0.3) is 0 Å². The van der Waals surface area contributed by atoms with Crippen LogP contribution in [-0.2, 0) is 24.4 Å². The first-order chi connectivity index (χ1) is 13.7. The highest BCUT2D eigenvalue weighted by Crippen LogP contribution is 2.16. The molecule has 0 aliphatic carbocycles. The third kappa shape index (κ3) is 5.96. The SMILES string of the molecule is COc1ccccc1CNC(=O)CN(Cc1ccccc1)Cc1ccccc1. The number of rotatable bonds is 9. The van der Waals surface area contributed by atoms with Crippen molar-refractivity contribution >= 4 is 5.91 Å². The van der Waals surface area contributed by atoms with Gasteiger partial charge >= 0.3 is 0 Å². The van der Waals surface area contributed by atoms with E-state index in [1.807, 2.05) is 60.7 Å². The van der Waals surface area contributed by atoms with Gasteiger partial charge in [0.25, 0.3) is 0 Å². The van der Waals surface area contributed by atoms with Crippen LogP contribution in [0.15, 0.2) is 84.9 Å². The van der Waals surface area contributed by atoms with Crippen LogP contribution in [0.2, 0.25) is 0 Å². The molecule has 0 radical (unpaired) electrons. The summed E-state index contributed by atoms with van der Waals surface area (Å²) in [6.45, 7) is 2.22. The van der Waals surface area contributed by atoms with E-state index in [9.17, 15) is 4.79 Å². The Bertz CT molecular complexity index is 825. The highest BCUT2D eigenvalue weighted by atomic mass is 16.5. The summed E-state index contributed by atoms with van der Waals surface area (Å²) in [7, 11) is 1.64. The van der Waals surface area contributed by atoms with Crippen molar-refractivity contribution in [3.05, 3.63) is 102 Å². The van der Waals surface area contributed by atoms with Crippen molar-refractivity contribution in [1.29, 1.82) is 0 Å². The van der Waals surface area contributed by atoms with Gasteiger partial charge in [-0.3, -0.25) is 9.69 Å². The van der Waals surface area contributed by atoms with Gasteiger partial charge in [0.2, 0.25) is 5.91 Å². The van der Waals surface area contributed by atoms with Crippen LogP contribution in [0, 0.1) is 0 Å². The molecular weight excluding hydrogens is 348 g/mol. The molecule has 0 fully saturated rings. The van der Waals surface area contributed by atoms with Gasteiger partial charge in [-0.15, -0.1) is 0 Å². The summed E-state index contributed by atoms with van der Waals surface area (Å²) >= 11 is 0. The Morgan fingerprint density at radius 1 is 0.821 bits per heavy atom. The third-order valence-electron chi connectivity index (χ3n) is 4.53. The molecule has 0 spiro atoms. The number of hydrogen-bond donors (Lipinski definition) is 1. The normalized spacial score (nSPS) is 10.6. The Kier molecular flexibility index (Phi) is 7.21. The molecule has 1 amide bonds. The zero-order valence-electron chi connectivity index (χ0n) is 16.2. The Morgan fingerprint density at radius 2 is 1.36 bits per heavy atom. The Labute approximate surface area is 166 Å². The average molecular weight is 374 g/mol. The van der Waals surface area contributed by atoms with Crippen molar-refractivity contribution in [3.63, 3.8) is 0 Å². The van der Waals surface area contributed by atoms with Crippen molar-refractivity contribution < 1.29 is 9.53 Å². The van der Waals surface area contributed by atoms with E-state index in [-0.39, 0.29) is 5.91 Å². The monoisotopic (exact) mass is 374 g/mol. The topological polar surface area (TPSA) is 41.6 Å². The fourth-order valence-electron chi connectivity index (χ4n) is 3.15. The van der Waals surface area contributed by atoms with Crippen molar-refractivity contribution in [2.75, 3.05) is 13.7 Å². The van der Waals surface area contributed by atoms with Gasteiger partial charge in [0.15, 0.2) is 0 Å². The van der Waals surface area contributed by atoms with Crippen molar-refractivity contribution in [2.24, 2.45) is 0 Å². The van der Waals surface area contributed by atoms with Gasteiger partial charge in [0.1, 0.15) is 5.75 Å². The van der Waals surface area contributed by atoms with Crippen molar-refractivity contribution in [1.82, 2.24) is 10.2 Å². The van der Waals surface area contributed by atoms with Crippen LogP contribution < -0.4 is 10.1 Å². The lowest BCUT2D eigenvalue weighted by molar-refractivity contribution is -0.122. The molecule has 1 N–H and O–H groups in total. The number of ether oxygens (including phenoxy) is 1. The molecule has 0 bridgehead atoms. The fraction of sp³-hybridized carbons (Fsp3) is 0.208. The van der Waals surface area contributed by atoms with Gasteiger partial charge in [0, 0.05) is 25.2 Å². The molecule has 0 aliphatic heterocycles. The van der Waals surface area contributed by atoms with E-state index in [2.05, 4.69) is 34.5 Å². The number of carbonyl (C=O) groups excluding carboxylic acids is 1. The summed E-state index contributed by atoms with van der Waals surface area (Å²) in [5, 5.41) is 3.02. The summed E-state index contributed by atoms with van der Waals surface area (Å²) in [6, 6.07) is 28.2. The van der Waals surface area contributed by atoms with E-state index in [0.717, 1.165) is 24.4 Å². The molecule has 28 heavy (non-hydrogen) atoms. The quantitative estimate of drug-likeness (QED) is 0.615. The molecule has 3 aromatic carbocycles. The highest BCUT2D eigenvalue weighted by molar-refractivity contribution is 5.78. The van der Waals surface area contributed by atoms with Gasteiger partial charge in [-0.1, -0.05) is 78.9 Å². The van der Waals surface area contributed by atoms with Gasteiger partial charge < -0.3 is 10.1 Å². The molecule has 0 saturated heterocycles. The number of amides is 1. The molecule has 3 aromatic rings. The van der Waals surface area contributed by atoms with Crippen LogP contribution in [0.3, 0.4) is 0 Å². The summed E-state index contributed by atoms with van der Waals surface area (Å²) in [4.78, 5) is 14.8. The standard InChI is InChI=1S/C24H26N2O2/c1-28-23-15-9-8-14-22(23)16-25-24(27)19-26(17-20-10-4-2-5-11-20)18-21-12-6-3-7-13-21/h2-15H,16-19H2,1H3,(H,25,27). The minimum Gasteiger partial charge on any atom is -0.496 e. The van der Waals surface area contributed by atoms with E-state index in [1.165, 1.54) is 11.1 Å². The number of benzene rings is 3. The molecule has 3 rings (SSSR count). The Morgan fingerprint density at radius 3 is 1.93 bits per heavy atom. The van der Waals surface area contributed by atoms with E-state index >= 15 is 0 Å². The van der Waals surface area contributed by atoms with Gasteiger partial charge in [-0.05, 0) is 17.2 Å². The van der Waals surface area contributed by atoms with Gasteiger partial charge in [-0.2, -0.15) is 0 Å². The zero-order chi connectivity index (χ0) is 19.6. The summed E-state index contributed by atoms with van der Waals surface area (Å²) < 4.78 is 5.36. The number of hydrogen-bond acceptors (Lipinski definition) is 3. The number of methoxy groups -OCH3 is 1. The van der Waals surface area contributed by atoms with E-state index in [1.54, 1.807) is 7.11 Å². The molecule has 0 saturated carbocycles. The maximum atomic E-state index is 12.6. The minimum atomic E-state index is -0.00207. The lowest BCUT2D eigenvalue weighted by atomic mass is 10.1. The van der Waals surface area contributed by atoms with Crippen molar-refractivity contribution in [3.8, 4) is 5.75 Å². The second kappa shape index (κ2) is 10.3.